The number of carbonyl (C=O) groups excluding carboxylic acids is 10. The Morgan fingerprint density at radius 1 is 0.663 bits per heavy atom. The quantitative estimate of drug-likeness (QED) is 0.0135. The first-order valence-electron chi connectivity index (χ1n) is 30.6. The van der Waals surface area contributed by atoms with Crippen LogP contribution in [0.1, 0.15) is 50.5 Å². The van der Waals surface area contributed by atoms with Gasteiger partial charge in [-0.15, -0.1) is 24.9 Å². The van der Waals surface area contributed by atoms with Crippen molar-refractivity contribution in [3.8, 4) is 0 Å². The topological polar surface area (TPSA) is 542 Å². The molecule has 0 spiro atoms. The van der Waals surface area contributed by atoms with E-state index in [1.165, 1.54) is 0 Å². The van der Waals surface area contributed by atoms with Gasteiger partial charge in [0, 0.05) is 56.3 Å². The average molecular weight is 1480 g/mol. The summed E-state index contributed by atoms with van der Waals surface area (Å²) >= 11 is -0.988. The molecule has 39 heteroatoms. The molecular weight excluding hydrogens is 1390 g/mol. The van der Waals surface area contributed by atoms with E-state index in [1.54, 1.807) is 30.3 Å². The third-order valence-electron chi connectivity index (χ3n) is 13.4. The number of hydrogen-bond donors (Lipinski definition) is 14. The van der Waals surface area contributed by atoms with E-state index in [-0.39, 0.29) is 132 Å². The summed E-state index contributed by atoms with van der Waals surface area (Å²) in [5.74, 6) is -11.5. The number of nitrogens with zero attached hydrogens (tertiary/aromatic N) is 3. The standard InChI is InChI=1S/C56H92N18O15S3.2O.Tc/c1-61-18-20-87-22-24-89-25-23-88-21-19-65-50(81)42-32-90-35-47(77)68-39(10-5-6-14-64-45(75)27-37(29-62-16-12-57)30-63-17-13-58)51(82)73-43-33-91-92-34-44(55(86)71-40(52(83)72-42)26-36-8-3-2-4-9-36)74-53(84)41(28-48(78)79)69-46(76)31-67-49(80)38(70-54(43)85)11-7-15-66-56(59)60;;;/h2-4,8-9,37-44,57-58,61H,5-7,10-35H2,1H3,(H,64,75)(H,65,81)(H,67,80)(H,68,77)(H,69,76)(H,70,85)(H,71,86)(H,72,83)(H,73,82)(H,74,84)(H,78,79)(H4,59,60,66);;;/q-4;;;/t38-,39-,40-,41-,42-,43-,44-;;;/m0.../s1. The van der Waals surface area contributed by atoms with Crippen molar-refractivity contribution >= 4 is 104 Å². The molecule has 95 heavy (non-hydrogen) atoms. The summed E-state index contributed by atoms with van der Waals surface area (Å²) in [6.45, 7) is 3.20. The zero-order valence-corrected chi connectivity index (χ0v) is 57.4. The van der Waals surface area contributed by atoms with Crippen LogP contribution in [-0.4, -0.2) is 260 Å². The third-order valence-corrected chi connectivity index (χ3v) is 16.8. The first kappa shape index (κ1) is 84.7. The molecule has 35 nitrogen and oxygen atoms in total. The Morgan fingerprint density at radius 2 is 1.21 bits per heavy atom. The van der Waals surface area contributed by atoms with E-state index < -0.39 is 132 Å². The molecule has 2 aliphatic heterocycles. The number of carboxylic acid groups (broad SMARTS) is 1. The van der Waals surface area contributed by atoms with Gasteiger partial charge in [0.2, 0.25) is 59.1 Å². The summed E-state index contributed by atoms with van der Waals surface area (Å²) in [5, 5.41) is 47.7. The van der Waals surface area contributed by atoms with Crippen molar-refractivity contribution in [2.45, 2.75) is 93.7 Å². The molecule has 1 aromatic rings. The molecule has 2 bridgehead atoms. The first-order valence-corrected chi connectivity index (χ1v) is 35.8. The van der Waals surface area contributed by atoms with E-state index in [0.717, 1.165) is 33.3 Å². The molecule has 2 saturated heterocycles. The predicted molar refractivity (Wildman–Crippen MR) is 351 cm³/mol. The molecule has 3 rings (SSSR count). The fraction of sp³-hybridized carbons (Fsp3) is 0.679. The number of ether oxygens (including phenoxy) is 3. The number of carboxylic acids is 1. The number of rotatable bonds is 36. The number of guanidine groups is 1. The number of unbranched alkanes of at least 4 members (excludes halogenated alkanes) is 1. The van der Waals surface area contributed by atoms with Gasteiger partial charge in [0.1, 0.15) is 42.3 Å². The maximum absolute atomic E-state index is 14.6. The molecule has 0 saturated carbocycles. The van der Waals surface area contributed by atoms with Gasteiger partial charge >= 0.3 is 30.6 Å². The van der Waals surface area contributed by atoms with Gasteiger partial charge in [-0.3, -0.25) is 57.7 Å². The van der Waals surface area contributed by atoms with Gasteiger partial charge in [0.05, 0.1) is 58.4 Å². The summed E-state index contributed by atoms with van der Waals surface area (Å²) in [4.78, 5) is 157. The van der Waals surface area contributed by atoms with Crippen LogP contribution in [0.4, 0.5) is 0 Å². The van der Waals surface area contributed by atoms with Crippen molar-refractivity contribution in [1.29, 1.82) is 0 Å². The minimum atomic E-state index is -1.91. The number of benzene rings is 1. The van der Waals surface area contributed by atoms with E-state index in [2.05, 4.69) is 74.1 Å². The van der Waals surface area contributed by atoms with Crippen LogP contribution in [-0.2, 0) is 98.0 Å². The van der Waals surface area contributed by atoms with Crippen molar-refractivity contribution in [3.63, 3.8) is 0 Å². The van der Waals surface area contributed by atoms with Crippen molar-refractivity contribution in [3.05, 3.63) is 58.0 Å². The van der Waals surface area contributed by atoms with Gasteiger partial charge in [-0.05, 0) is 44.7 Å². The summed E-state index contributed by atoms with van der Waals surface area (Å²) in [7, 11) is 3.67. The number of likely N-dealkylation sites (N-methyl/N-ethyl adjacent to an activating group) is 1. The van der Waals surface area contributed by atoms with E-state index in [9.17, 15) is 57.8 Å². The van der Waals surface area contributed by atoms with Crippen LogP contribution in [0.25, 0.3) is 22.1 Å². The normalized spacial score (nSPS) is 20.6. The zero-order chi connectivity index (χ0) is 70.0. The number of carbonyl (C=O) groups is 11. The number of amides is 10. The molecule has 537 valence electrons. The molecular formula is C56H92N18O17S3Tc-4. The van der Waals surface area contributed by atoms with Crippen LogP contribution in [0.3, 0.4) is 0 Å². The Balaban J connectivity index is 0.0000100. The second kappa shape index (κ2) is 52.8. The fourth-order valence-corrected chi connectivity index (χ4v) is 11.9. The van der Waals surface area contributed by atoms with E-state index >= 15 is 0 Å². The molecule has 0 unspecified atom stereocenters. The monoisotopic (exact) mass is 1480 g/mol. The predicted octanol–water partition coefficient (Wildman–Crippen LogP) is -3.30. The Bertz CT molecular complexity index is 2580. The average Bonchev–Trinajstić information content (AvgIpc) is 1.46. The van der Waals surface area contributed by atoms with Gasteiger partial charge in [-0.1, -0.05) is 57.8 Å². The number of nitrogens with one attached hydrogen (secondary N) is 13. The number of thioether (sulfide) groups is 1. The maximum atomic E-state index is 14.6. The molecule has 7 atom stereocenters. The fourth-order valence-electron chi connectivity index (χ4n) is 8.68. The molecule has 2 heterocycles. The van der Waals surface area contributed by atoms with Crippen LogP contribution in [0.2, 0.25) is 0 Å². The number of aliphatic carboxylic acids is 1. The van der Waals surface area contributed by atoms with Crippen LogP contribution in [0, 0.1) is 5.92 Å². The Kier molecular flexibility index (Phi) is 47.1. The van der Waals surface area contributed by atoms with E-state index in [0.29, 0.717) is 64.5 Å². The molecule has 0 aliphatic carbocycles. The van der Waals surface area contributed by atoms with Crippen LogP contribution in [0.5, 0.6) is 0 Å². The molecule has 2 fully saturated rings. The van der Waals surface area contributed by atoms with Crippen molar-refractivity contribution < 1.29 is 96.7 Å². The van der Waals surface area contributed by atoms with Gasteiger partial charge in [0.25, 0.3) is 0 Å². The van der Waals surface area contributed by atoms with Gasteiger partial charge < -0.3 is 111 Å². The number of fused-ring (bicyclic) bond motifs is 5. The summed E-state index contributed by atoms with van der Waals surface area (Å²) in [6.07, 6.45) is -0.506. The summed E-state index contributed by atoms with van der Waals surface area (Å²) in [6, 6.07) is -1.93. The second-order valence-electron chi connectivity index (χ2n) is 21.1. The van der Waals surface area contributed by atoms with E-state index in [4.69, 9.17) is 44.2 Å². The van der Waals surface area contributed by atoms with Crippen molar-refractivity contribution in [1.82, 2.24) is 58.5 Å². The second-order valence-corrected chi connectivity index (χ2v) is 24.9. The zero-order valence-electron chi connectivity index (χ0n) is 53.1. The Morgan fingerprint density at radius 3 is 1.80 bits per heavy atom. The van der Waals surface area contributed by atoms with Crippen molar-refractivity contribution in [2.24, 2.45) is 22.4 Å². The Hall–Kier alpha value is -6.36. The number of hydrogen-bond acceptors (Lipinski definition) is 21. The van der Waals surface area contributed by atoms with E-state index in [1.807, 2.05) is 7.05 Å². The number of nitrogens with two attached hydrogens (primary N) is 2. The first-order chi connectivity index (χ1) is 45.7. The SMILES string of the molecule is CNCCOCCOCCOCCNC(=O)[C@@H]1CSCC(=O)N[C@@H](CCCCNC(=O)CC(C[N-]CC[NH-])C[N-]CC[NH-])C(=O)N[C@H]2CSSC[C@H](NC(=O)[C@H](CC(=O)O)NC(=O)CNC(=O)[C@H](CCCN=C(N)N)NC2=O)C(=O)N[C@@H](Cc2ccccc2)C(=O)N1.[O]=[Tc]=[O]. The van der Waals surface area contributed by atoms with Gasteiger partial charge in [-0.2, -0.15) is 26.2 Å². The third kappa shape index (κ3) is 40.1. The molecule has 18 N–H and O–H groups in total. The van der Waals surface area contributed by atoms with Crippen LogP contribution in [0.15, 0.2) is 35.3 Å². The minimum absolute atomic E-state index is 0.0138. The summed E-state index contributed by atoms with van der Waals surface area (Å²) in [5.41, 5.74) is 26.4. The molecule has 10 amide bonds. The van der Waals surface area contributed by atoms with Crippen LogP contribution >= 0.6 is 33.3 Å². The summed E-state index contributed by atoms with van der Waals surface area (Å²) < 4.78 is 33.6. The molecule has 1 aromatic carbocycles. The van der Waals surface area contributed by atoms with Crippen LogP contribution < -0.4 is 70.0 Å². The molecule has 0 aromatic heterocycles. The molecule has 2 aliphatic rings. The Labute approximate surface area is 572 Å². The van der Waals surface area contributed by atoms with Crippen molar-refractivity contribution in [2.75, 3.05) is 142 Å². The molecule has 0 radical (unpaired) electrons. The number of aliphatic imine (C=N–C) groups is 1. The van der Waals surface area contributed by atoms with Gasteiger partial charge in [0.15, 0.2) is 5.96 Å². The van der Waals surface area contributed by atoms with Gasteiger partial charge in [-0.25, -0.2) is 0 Å².